The van der Waals surface area contributed by atoms with E-state index in [1.807, 2.05) is 66.7 Å². The Hall–Kier alpha value is -3.53. The SMILES string of the molecule is O=CC12c3ccccc3C(c3ccccc31)[C@@H]1C(=O)N(c3ccccc3)C(=O)C12. The maximum Gasteiger partial charge on any atom is 0.239 e. The van der Waals surface area contributed by atoms with E-state index in [0.29, 0.717) is 5.69 Å². The largest absolute Gasteiger partial charge is 0.302 e. The minimum Gasteiger partial charge on any atom is -0.302 e. The molecule has 4 heteroatoms. The van der Waals surface area contributed by atoms with Gasteiger partial charge in [-0.1, -0.05) is 66.7 Å². The van der Waals surface area contributed by atoms with Crippen molar-refractivity contribution in [3.8, 4) is 0 Å². The van der Waals surface area contributed by atoms with Gasteiger partial charge in [-0.2, -0.15) is 0 Å². The molecule has 3 aliphatic carbocycles. The number of rotatable bonds is 2. The zero-order valence-corrected chi connectivity index (χ0v) is 15.5. The molecule has 0 radical (unpaired) electrons. The monoisotopic (exact) mass is 379 g/mol. The van der Waals surface area contributed by atoms with Gasteiger partial charge in [0.25, 0.3) is 0 Å². The standard InChI is InChI=1S/C25H17NO3/c27-14-25-18-12-6-4-10-16(18)20(17-11-5-7-13-19(17)25)21-22(25)24(29)26(23(21)28)15-8-2-1-3-9-15/h1-14,20-22H/t20?,21-,22?,25?/m0/s1. The molecule has 1 aliphatic heterocycles. The summed E-state index contributed by atoms with van der Waals surface area (Å²) in [5.41, 5.74) is 3.10. The lowest BCUT2D eigenvalue weighted by Gasteiger charge is -2.51. The predicted molar refractivity (Wildman–Crippen MR) is 107 cm³/mol. The fourth-order valence-electron chi connectivity index (χ4n) is 5.86. The number of hydrogen-bond acceptors (Lipinski definition) is 3. The highest BCUT2D eigenvalue weighted by atomic mass is 16.2. The lowest BCUT2D eigenvalue weighted by Crippen LogP contribution is -2.54. The summed E-state index contributed by atoms with van der Waals surface area (Å²) in [6.07, 6.45) is 0.900. The maximum atomic E-state index is 13.7. The van der Waals surface area contributed by atoms with Gasteiger partial charge >= 0.3 is 0 Å². The average molecular weight is 379 g/mol. The van der Waals surface area contributed by atoms with E-state index >= 15 is 0 Å². The smallest absolute Gasteiger partial charge is 0.239 e. The fraction of sp³-hybridized carbons (Fsp3) is 0.160. The van der Waals surface area contributed by atoms with Gasteiger partial charge in [0.2, 0.25) is 11.8 Å². The fourth-order valence-corrected chi connectivity index (χ4v) is 5.86. The van der Waals surface area contributed by atoms with Crippen LogP contribution in [0.3, 0.4) is 0 Å². The number of nitrogens with zero attached hydrogens (tertiary/aromatic N) is 1. The molecule has 1 heterocycles. The van der Waals surface area contributed by atoms with Crippen molar-refractivity contribution in [1.82, 2.24) is 0 Å². The van der Waals surface area contributed by atoms with Gasteiger partial charge in [0.05, 0.1) is 22.9 Å². The molecule has 2 amide bonds. The number of para-hydroxylation sites is 1. The van der Waals surface area contributed by atoms with Crippen molar-refractivity contribution < 1.29 is 14.4 Å². The van der Waals surface area contributed by atoms with E-state index in [0.717, 1.165) is 28.5 Å². The van der Waals surface area contributed by atoms with E-state index in [1.54, 1.807) is 12.1 Å². The van der Waals surface area contributed by atoms with E-state index in [4.69, 9.17) is 0 Å². The molecule has 29 heavy (non-hydrogen) atoms. The van der Waals surface area contributed by atoms with Crippen molar-refractivity contribution in [3.63, 3.8) is 0 Å². The number of benzene rings is 3. The van der Waals surface area contributed by atoms with Crippen LogP contribution >= 0.6 is 0 Å². The Morgan fingerprint density at radius 3 is 1.86 bits per heavy atom. The third-order valence-corrected chi connectivity index (χ3v) is 6.88. The first-order valence-electron chi connectivity index (χ1n) is 9.78. The third kappa shape index (κ3) is 1.77. The summed E-state index contributed by atoms with van der Waals surface area (Å²) in [6, 6.07) is 24.5. The van der Waals surface area contributed by atoms with Crippen LogP contribution in [0.5, 0.6) is 0 Å². The number of hydrogen-bond donors (Lipinski definition) is 0. The highest BCUT2D eigenvalue weighted by molar-refractivity contribution is 6.24. The summed E-state index contributed by atoms with van der Waals surface area (Å²) < 4.78 is 0. The Kier molecular flexibility index (Phi) is 3.12. The zero-order chi connectivity index (χ0) is 19.8. The van der Waals surface area contributed by atoms with Crippen LogP contribution in [0.15, 0.2) is 78.9 Å². The van der Waals surface area contributed by atoms with Gasteiger partial charge in [-0.3, -0.25) is 9.59 Å². The van der Waals surface area contributed by atoms with Crippen molar-refractivity contribution in [3.05, 3.63) is 101 Å². The first kappa shape index (κ1) is 16.4. The Morgan fingerprint density at radius 2 is 1.28 bits per heavy atom. The van der Waals surface area contributed by atoms with Crippen molar-refractivity contribution in [2.75, 3.05) is 4.90 Å². The van der Waals surface area contributed by atoms with Gasteiger partial charge in [-0.25, -0.2) is 4.90 Å². The summed E-state index contributed by atoms with van der Waals surface area (Å²) in [7, 11) is 0. The quantitative estimate of drug-likeness (QED) is 0.506. The number of carbonyl (C=O) groups is 3. The molecule has 0 aromatic heterocycles. The predicted octanol–water partition coefficient (Wildman–Crippen LogP) is 3.44. The first-order valence-corrected chi connectivity index (χ1v) is 9.78. The molecule has 3 aromatic carbocycles. The molecule has 7 rings (SSSR count). The summed E-state index contributed by atoms with van der Waals surface area (Å²) in [4.78, 5) is 41.4. The molecule has 1 fully saturated rings. The molecule has 1 unspecified atom stereocenters. The molecule has 2 bridgehead atoms. The second-order valence-corrected chi connectivity index (χ2v) is 7.99. The maximum absolute atomic E-state index is 13.7. The van der Waals surface area contributed by atoms with Gasteiger partial charge in [0.1, 0.15) is 6.29 Å². The molecule has 2 atom stereocenters. The van der Waals surface area contributed by atoms with Crippen LogP contribution in [0, 0.1) is 11.8 Å². The Morgan fingerprint density at radius 1 is 0.724 bits per heavy atom. The molecular weight excluding hydrogens is 362 g/mol. The van der Waals surface area contributed by atoms with E-state index < -0.39 is 17.3 Å². The van der Waals surface area contributed by atoms with Crippen molar-refractivity contribution in [2.45, 2.75) is 11.3 Å². The van der Waals surface area contributed by atoms with Crippen molar-refractivity contribution >= 4 is 23.8 Å². The normalized spacial score (nSPS) is 28.7. The first-order chi connectivity index (χ1) is 14.2. The Balaban J connectivity index is 1.67. The van der Waals surface area contributed by atoms with Gasteiger partial charge in [0, 0.05) is 5.92 Å². The van der Waals surface area contributed by atoms with Gasteiger partial charge < -0.3 is 4.79 Å². The van der Waals surface area contributed by atoms with Gasteiger partial charge in [-0.05, 0) is 34.4 Å². The van der Waals surface area contributed by atoms with Crippen LogP contribution in [-0.2, 0) is 19.8 Å². The number of anilines is 1. The zero-order valence-electron chi connectivity index (χ0n) is 15.5. The van der Waals surface area contributed by atoms with Crippen LogP contribution in [-0.4, -0.2) is 18.1 Å². The highest BCUT2D eigenvalue weighted by Gasteiger charge is 2.68. The Bertz CT molecular complexity index is 1150. The van der Waals surface area contributed by atoms with Gasteiger partial charge in [0.15, 0.2) is 0 Å². The Labute approximate surface area is 167 Å². The van der Waals surface area contributed by atoms with Crippen LogP contribution in [0.1, 0.15) is 28.2 Å². The number of aldehydes is 1. The summed E-state index contributed by atoms with van der Waals surface area (Å²) >= 11 is 0. The van der Waals surface area contributed by atoms with E-state index in [9.17, 15) is 14.4 Å². The molecule has 0 spiro atoms. The molecule has 0 saturated carbocycles. The molecule has 0 N–H and O–H groups in total. The van der Waals surface area contributed by atoms with Gasteiger partial charge in [-0.15, -0.1) is 0 Å². The molecule has 4 aliphatic rings. The number of carbonyl (C=O) groups excluding carboxylic acids is 3. The van der Waals surface area contributed by atoms with Crippen molar-refractivity contribution in [2.24, 2.45) is 11.8 Å². The van der Waals surface area contributed by atoms with Crippen molar-refractivity contribution in [1.29, 1.82) is 0 Å². The highest BCUT2D eigenvalue weighted by Crippen LogP contribution is 2.63. The molecule has 1 saturated heterocycles. The van der Waals surface area contributed by atoms with Crippen LogP contribution in [0.2, 0.25) is 0 Å². The summed E-state index contributed by atoms with van der Waals surface area (Å²) in [5, 5.41) is 0. The number of imide groups is 1. The molecule has 140 valence electrons. The van der Waals surface area contributed by atoms with E-state index in [2.05, 4.69) is 0 Å². The van der Waals surface area contributed by atoms with Crippen LogP contribution < -0.4 is 4.90 Å². The second kappa shape index (κ2) is 5.51. The van der Waals surface area contributed by atoms with Crippen LogP contribution in [0.25, 0.3) is 0 Å². The minimum absolute atomic E-state index is 0.216. The summed E-state index contributed by atoms with van der Waals surface area (Å²) in [5.74, 6) is -2.02. The third-order valence-electron chi connectivity index (χ3n) is 6.88. The lowest BCUT2D eigenvalue weighted by molar-refractivity contribution is -0.128. The lowest BCUT2D eigenvalue weighted by atomic mass is 9.48. The van der Waals surface area contributed by atoms with Crippen LogP contribution in [0.4, 0.5) is 5.69 Å². The summed E-state index contributed by atoms with van der Waals surface area (Å²) in [6.45, 7) is 0. The molecular formula is C25H17NO3. The topological polar surface area (TPSA) is 54.5 Å². The number of amides is 2. The van der Waals surface area contributed by atoms with E-state index in [-0.39, 0.29) is 17.7 Å². The second-order valence-electron chi connectivity index (χ2n) is 7.99. The minimum atomic E-state index is -1.14. The molecule has 4 nitrogen and oxygen atoms in total. The van der Waals surface area contributed by atoms with E-state index in [1.165, 1.54) is 4.90 Å². The average Bonchev–Trinajstić information content (AvgIpc) is 3.05. The molecule has 3 aromatic rings.